The molecule has 10 aromatic carbocycles. The molecule has 2 aliphatic rings. The summed E-state index contributed by atoms with van der Waals surface area (Å²) in [5.41, 5.74) is 20.1. The summed E-state index contributed by atoms with van der Waals surface area (Å²) in [5, 5.41) is 9.02. The van der Waals surface area contributed by atoms with Gasteiger partial charge in [-0.15, -0.1) is 11.3 Å². The van der Waals surface area contributed by atoms with Gasteiger partial charge in [-0.1, -0.05) is 210 Å². The van der Waals surface area contributed by atoms with E-state index in [9.17, 15) is 0 Å². The molecule has 374 valence electrons. The zero-order valence-corrected chi connectivity index (χ0v) is 47.1. The molecule has 0 saturated heterocycles. The van der Waals surface area contributed by atoms with E-state index in [-0.39, 0.29) is 28.4 Å². The Morgan fingerprint density at radius 2 is 0.908 bits per heavy atom. The summed E-state index contributed by atoms with van der Waals surface area (Å²) < 4.78 is 2.72. The van der Waals surface area contributed by atoms with Gasteiger partial charge in [0.2, 0.25) is 0 Å². The van der Waals surface area contributed by atoms with Crippen molar-refractivity contribution in [1.82, 2.24) is 0 Å². The third kappa shape index (κ3) is 7.65. The maximum atomic E-state index is 2.66. The number of thiophene rings is 1. The number of hydrogen-bond donors (Lipinski definition) is 0. The van der Waals surface area contributed by atoms with Crippen LogP contribution in [0.15, 0.2) is 188 Å². The minimum absolute atomic E-state index is 0.0124. The Hall–Kier alpha value is -7.40. The topological polar surface area (TPSA) is 6.48 Å². The van der Waals surface area contributed by atoms with Crippen molar-refractivity contribution >= 4 is 110 Å². The second-order valence-electron chi connectivity index (χ2n) is 25.8. The lowest BCUT2D eigenvalue weighted by molar-refractivity contribution is 0.590. The molecule has 11 aromatic rings. The van der Waals surface area contributed by atoms with E-state index in [1.807, 2.05) is 11.3 Å². The van der Waals surface area contributed by atoms with Crippen LogP contribution >= 0.6 is 11.3 Å². The second-order valence-corrected chi connectivity index (χ2v) is 26.9. The van der Waals surface area contributed by atoms with Crippen LogP contribution in [0, 0.1) is 0 Å². The summed E-state index contributed by atoms with van der Waals surface area (Å²) in [5.74, 6) is 0. The van der Waals surface area contributed by atoms with Gasteiger partial charge in [0, 0.05) is 43.2 Å². The van der Waals surface area contributed by atoms with Gasteiger partial charge in [0.1, 0.15) is 0 Å². The minimum atomic E-state index is -0.150. The Bertz CT molecular complexity index is 4120. The van der Waals surface area contributed by atoms with Gasteiger partial charge in [-0.3, -0.25) is 0 Å². The van der Waals surface area contributed by atoms with Gasteiger partial charge in [-0.05, 0) is 165 Å². The van der Waals surface area contributed by atoms with Gasteiger partial charge in [0.15, 0.2) is 0 Å². The lowest BCUT2D eigenvalue weighted by atomic mass is 9.36. The molecule has 76 heavy (non-hydrogen) atoms. The number of rotatable bonds is 4. The molecule has 1 aromatic heterocycles. The van der Waals surface area contributed by atoms with Crippen LogP contribution < -0.4 is 25.5 Å². The Balaban J connectivity index is 1.15. The van der Waals surface area contributed by atoms with Crippen molar-refractivity contribution in [3.8, 4) is 22.3 Å². The maximum Gasteiger partial charge on any atom is 0.264 e. The van der Waals surface area contributed by atoms with Crippen molar-refractivity contribution in [2.45, 2.75) is 105 Å². The molecule has 3 heterocycles. The van der Waals surface area contributed by atoms with E-state index in [2.05, 4.69) is 281 Å². The fourth-order valence-corrected chi connectivity index (χ4v) is 13.8. The van der Waals surface area contributed by atoms with Crippen molar-refractivity contribution in [2.24, 2.45) is 0 Å². The largest absolute Gasteiger partial charge is 0.311 e. The molecule has 0 spiro atoms. The van der Waals surface area contributed by atoms with Gasteiger partial charge in [-0.2, -0.15) is 0 Å². The van der Waals surface area contributed by atoms with E-state index < -0.39 is 0 Å². The molecule has 13 rings (SSSR count). The van der Waals surface area contributed by atoms with E-state index in [0.29, 0.717) is 0 Å². The second kappa shape index (κ2) is 17.1. The van der Waals surface area contributed by atoms with Crippen LogP contribution in [-0.4, -0.2) is 6.71 Å². The van der Waals surface area contributed by atoms with Crippen LogP contribution in [0.25, 0.3) is 64.7 Å². The molecular formula is C72H67BN2S. The van der Waals surface area contributed by atoms with Crippen LogP contribution in [0.4, 0.5) is 34.1 Å². The number of nitrogens with zero attached hydrogens (tertiary/aromatic N) is 2. The summed E-state index contributed by atoms with van der Waals surface area (Å²) in [4.78, 5) is 5.28. The van der Waals surface area contributed by atoms with E-state index in [1.165, 1.54) is 137 Å². The summed E-state index contributed by atoms with van der Waals surface area (Å²) in [6.45, 7) is 28.1. The van der Waals surface area contributed by atoms with Crippen LogP contribution in [0.3, 0.4) is 0 Å². The first-order valence-electron chi connectivity index (χ1n) is 27.4. The zero-order valence-electron chi connectivity index (χ0n) is 46.3. The van der Waals surface area contributed by atoms with Gasteiger partial charge in [-0.25, -0.2) is 0 Å². The van der Waals surface area contributed by atoms with Crippen LogP contribution in [0.2, 0.25) is 0 Å². The summed E-state index contributed by atoms with van der Waals surface area (Å²) in [7, 11) is 0. The van der Waals surface area contributed by atoms with Crippen LogP contribution in [0.5, 0.6) is 0 Å². The van der Waals surface area contributed by atoms with E-state index >= 15 is 0 Å². The van der Waals surface area contributed by atoms with Crippen molar-refractivity contribution < 1.29 is 0 Å². The molecule has 0 N–H and O–H groups in total. The Morgan fingerprint density at radius 3 is 1.53 bits per heavy atom. The Kier molecular flexibility index (Phi) is 10.8. The molecule has 0 saturated carbocycles. The standard InChI is InChI=1S/C72H67BN2S/c1-69(2,3)46-30-34-49(35-31-46)74-62-27-20-28-63-66(62)73(68-67(74)58-41-48(71(7,8)9)33-38-65(58)76-68)60-43-59(72(10,11)12)55(44-21-14-13-15-22-44)42-64(60)75(63)61-37-32-47(70(4,5)6)40-56(61)45-29-36-54-52-25-17-16-23-50(52)51-24-18-19-26-53(51)57(54)39-45/h13-43H,1-12H3. The Labute approximate surface area is 454 Å². The first-order valence-corrected chi connectivity index (χ1v) is 28.2. The quantitative estimate of drug-likeness (QED) is 0.128. The highest BCUT2D eigenvalue weighted by molar-refractivity contribution is 7.33. The van der Waals surface area contributed by atoms with Gasteiger partial charge < -0.3 is 9.80 Å². The van der Waals surface area contributed by atoms with Crippen LogP contribution in [-0.2, 0) is 21.7 Å². The highest BCUT2D eigenvalue weighted by Gasteiger charge is 2.46. The van der Waals surface area contributed by atoms with Gasteiger partial charge in [0.05, 0.1) is 11.4 Å². The molecule has 0 aliphatic carbocycles. The average Bonchev–Trinajstić information content (AvgIpc) is 3.97. The molecule has 2 nitrogen and oxygen atoms in total. The molecule has 0 radical (unpaired) electrons. The number of hydrogen-bond acceptors (Lipinski definition) is 3. The molecule has 0 amide bonds. The highest BCUT2D eigenvalue weighted by Crippen LogP contribution is 2.52. The normalized spacial score (nSPS) is 13.7. The van der Waals surface area contributed by atoms with E-state index in [4.69, 9.17) is 0 Å². The van der Waals surface area contributed by atoms with Crippen LogP contribution in [0.1, 0.15) is 105 Å². The van der Waals surface area contributed by atoms with Crippen molar-refractivity contribution in [2.75, 3.05) is 9.80 Å². The summed E-state index contributed by atoms with van der Waals surface area (Å²) in [6.07, 6.45) is 0. The monoisotopic (exact) mass is 1000 g/mol. The van der Waals surface area contributed by atoms with Crippen molar-refractivity contribution in [1.29, 1.82) is 0 Å². The lowest BCUT2D eigenvalue weighted by Gasteiger charge is -2.44. The van der Waals surface area contributed by atoms with Crippen molar-refractivity contribution in [3.63, 3.8) is 0 Å². The molecule has 0 unspecified atom stereocenters. The summed E-state index contributed by atoms with van der Waals surface area (Å²) >= 11 is 1.99. The van der Waals surface area contributed by atoms with E-state index in [1.54, 1.807) is 0 Å². The molecule has 0 bridgehead atoms. The predicted octanol–water partition coefficient (Wildman–Crippen LogP) is 19.0. The molecule has 0 atom stereocenters. The first kappa shape index (κ1) is 48.3. The number of benzene rings is 10. The fourth-order valence-electron chi connectivity index (χ4n) is 12.6. The van der Waals surface area contributed by atoms with Gasteiger partial charge >= 0.3 is 0 Å². The molecule has 2 aliphatic heterocycles. The fraction of sp³-hybridized carbons (Fsp3) is 0.222. The molecule has 4 heteroatoms. The molecule has 0 fully saturated rings. The lowest BCUT2D eigenvalue weighted by Crippen LogP contribution is -2.60. The predicted molar refractivity (Wildman–Crippen MR) is 334 cm³/mol. The average molecular weight is 1000 g/mol. The van der Waals surface area contributed by atoms with Gasteiger partial charge in [0.25, 0.3) is 6.71 Å². The van der Waals surface area contributed by atoms with Crippen molar-refractivity contribution in [3.05, 3.63) is 210 Å². The third-order valence-electron chi connectivity index (χ3n) is 16.6. The first-order chi connectivity index (χ1) is 36.2. The highest BCUT2D eigenvalue weighted by atomic mass is 32.1. The maximum absolute atomic E-state index is 2.66. The SMILES string of the molecule is CC(C)(C)c1ccc(N2c3cccc4c3B(c3cc(C(C)(C)C)c(-c5ccccc5)cc3N4c3ccc(C(C)(C)C)cc3-c3ccc4c5ccccc5c5ccccc5c4c3)c3sc4ccc(C(C)(C)C)cc4c32)cc1. The number of fused-ring (bicyclic) bond motifs is 12. The zero-order chi connectivity index (χ0) is 52.8. The molecular weight excluding hydrogens is 936 g/mol. The third-order valence-corrected chi connectivity index (χ3v) is 17.9. The minimum Gasteiger partial charge on any atom is -0.311 e. The Morgan fingerprint density at radius 1 is 0.355 bits per heavy atom. The summed E-state index contributed by atoms with van der Waals surface area (Å²) in [6, 6.07) is 72.6. The van der Waals surface area contributed by atoms with E-state index in [0.717, 1.165) is 0 Å². The smallest absolute Gasteiger partial charge is 0.264 e. The number of anilines is 6.